The van der Waals surface area contributed by atoms with E-state index in [1.54, 1.807) is 36.0 Å². The van der Waals surface area contributed by atoms with Crippen LogP contribution < -0.4 is 5.32 Å². The monoisotopic (exact) mass is 282 g/mol. The third kappa shape index (κ3) is 4.45. The summed E-state index contributed by atoms with van der Waals surface area (Å²) in [4.78, 5) is 13.0. The molecule has 0 aromatic heterocycles. The Kier molecular flexibility index (Phi) is 5.22. The first-order valence-corrected chi connectivity index (χ1v) is 7.24. The molecule has 0 fully saturated rings. The Morgan fingerprint density at radius 3 is 2.70 bits per heavy atom. The van der Waals surface area contributed by atoms with Gasteiger partial charge in [-0.2, -0.15) is 5.26 Å². The number of benzene rings is 2. The number of amides is 1. The van der Waals surface area contributed by atoms with Crippen LogP contribution in [-0.2, 0) is 4.79 Å². The third-order valence-electron chi connectivity index (χ3n) is 2.62. The minimum atomic E-state index is -0.0384. The molecular formula is C16H14N2OS. The minimum Gasteiger partial charge on any atom is -0.326 e. The first-order chi connectivity index (χ1) is 9.78. The Morgan fingerprint density at radius 2 is 1.95 bits per heavy atom. The quantitative estimate of drug-likeness (QED) is 0.851. The lowest BCUT2D eigenvalue weighted by Crippen LogP contribution is -2.12. The molecule has 4 heteroatoms. The maximum Gasteiger partial charge on any atom is 0.225 e. The summed E-state index contributed by atoms with van der Waals surface area (Å²) < 4.78 is 0. The van der Waals surface area contributed by atoms with Gasteiger partial charge in [0.2, 0.25) is 5.91 Å². The van der Waals surface area contributed by atoms with Crippen molar-refractivity contribution in [2.24, 2.45) is 0 Å². The van der Waals surface area contributed by atoms with Gasteiger partial charge in [-0.25, -0.2) is 0 Å². The van der Waals surface area contributed by atoms with Crippen LogP contribution in [0.25, 0.3) is 0 Å². The van der Waals surface area contributed by atoms with Gasteiger partial charge in [0.15, 0.2) is 0 Å². The van der Waals surface area contributed by atoms with Crippen LogP contribution in [0.2, 0.25) is 0 Å². The van der Waals surface area contributed by atoms with Crippen molar-refractivity contribution in [3.05, 3.63) is 60.2 Å². The van der Waals surface area contributed by atoms with Gasteiger partial charge >= 0.3 is 0 Å². The van der Waals surface area contributed by atoms with Crippen molar-refractivity contribution in [3.63, 3.8) is 0 Å². The summed E-state index contributed by atoms with van der Waals surface area (Å²) in [5, 5.41) is 11.6. The highest BCUT2D eigenvalue weighted by molar-refractivity contribution is 7.99. The molecule has 0 spiro atoms. The Hall–Kier alpha value is -2.25. The van der Waals surface area contributed by atoms with Crippen LogP contribution in [0, 0.1) is 11.3 Å². The van der Waals surface area contributed by atoms with Gasteiger partial charge in [0, 0.05) is 22.8 Å². The SMILES string of the molecule is N#Cc1cccc(NC(=O)CCSc2ccccc2)c1. The Balaban J connectivity index is 1.79. The molecule has 0 radical (unpaired) electrons. The highest BCUT2D eigenvalue weighted by Crippen LogP contribution is 2.18. The highest BCUT2D eigenvalue weighted by atomic mass is 32.2. The van der Waals surface area contributed by atoms with E-state index in [1.165, 1.54) is 0 Å². The largest absolute Gasteiger partial charge is 0.326 e. The number of anilines is 1. The van der Waals surface area contributed by atoms with Gasteiger partial charge in [0.1, 0.15) is 0 Å². The van der Waals surface area contributed by atoms with Gasteiger partial charge in [-0.3, -0.25) is 4.79 Å². The number of rotatable bonds is 5. The van der Waals surface area contributed by atoms with Crippen LogP contribution in [0.4, 0.5) is 5.69 Å². The van der Waals surface area contributed by atoms with Crippen molar-refractivity contribution >= 4 is 23.4 Å². The molecule has 2 aromatic carbocycles. The number of nitriles is 1. The van der Waals surface area contributed by atoms with Crippen molar-refractivity contribution in [2.75, 3.05) is 11.1 Å². The van der Waals surface area contributed by atoms with Crippen LogP contribution >= 0.6 is 11.8 Å². The van der Waals surface area contributed by atoms with Gasteiger partial charge < -0.3 is 5.32 Å². The van der Waals surface area contributed by atoms with E-state index in [0.29, 0.717) is 17.7 Å². The summed E-state index contributed by atoms with van der Waals surface area (Å²) >= 11 is 1.65. The second-order valence-corrected chi connectivity index (χ2v) is 5.32. The van der Waals surface area contributed by atoms with Crippen LogP contribution in [-0.4, -0.2) is 11.7 Å². The summed E-state index contributed by atoms with van der Waals surface area (Å²) in [6.07, 6.45) is 0.441. The van der Waals surface area contributed by atoms with E-state index < -0.39 is 0 Å². The van der Waals surface area contributed by atoms with Crippen LogP contribution in [0.15, 0.2) is 59.5 Å². The molecule has 0 saturated carbocycles. The summed E-state index contributed by atoms with van der Waals surface area (Å²) in [5.74, 6) is 0.692. The zero-order valence-corrected chi connectivity index (χ0v) is 11.7. The average molecular weight is 282 g/mol. The molecule has 1 N–H and O–H groups in total. The fourth-order valence-corrected chi connectivity index (χ4v) is 2.54. The summed E-state index contributed by atoms with van der Waals surface area (Å²) in [5.41, 5.74) is 1.21. The second kappa shape index (κ2) is 7.37. The minimum absolute atomic E-state index is 0.0384. The lowest BCUT2D eigenvalue weighted by Gasteiger charge is -2.05. The van der Waals surface area contributed by atoms with Crippen LogP contribution in [0.1, 0.15) is 12.0 Å². The van der Waals surface area contributed by atoms with E-state index in [1.807, 2.05) is 36.4 Å². The van der Waals surface area contributed by atoms with E-state index in [0.717, 1.165) is 10.6 Å². The van der Waals surface area contributed by atoms with Crippen molar-refractivity contribution in [1.82, 2.24) is 0 Å². The first-order valence-electron chi connectivity index (χ1n) is 6.26. The van der Waals surface area contributed by atoms with Gasteiger partial charge in [-0.1, -0.05) is 24.3 Å². The summed E-state index contributed by atoms with van der Waals surface area (Å²) in [7, 11) is 0. The average Bonchev–Trinajstić information content (AvgIpc) is 2.48. The van der Waals surface area contributed by atoms with Crippen molar-refractivity contribution < 1.29 is 4.79 Å². The van der Waals surface area contributed by atoms with Crippen molar-refractivity contribution in [2.45, 2.75) is 11.3 Å². The molecular weight excluding hydrogens is 268 g/mol. The van der Waals surface area contributed by atoms with Crippen molar-refractivity contribution in [1.29, 1.82) is 5.26 Å². The van der Waals surface area contributed by atoms with Gasteiger partial charge in [-0.05, 0) is 30.3 Å². The van der Waals surface area contributed by atoms with Gasteiger partial charge in [0.25, 0.3) is 0 Å². The molecule has 0 aliphatic rings. The Labute approximate surface area is 122 Å². The van der Waals surface area contributed by atoms with Crippen LogP contribution in [0.5, 0.6) is 0 Å². The molecule has 0 aliphatic carbocycles. The van der Waals surface area contributed by atoms with Crippen molar-refractivity contribution in [3.8, 4) is 6.07 Å². The lowest BCUT2D eigenvalue weighted by atomic mass is 10.2. The van der Waals surface area contributed by atoms with Crippen LogP contribution in [0.3, 0.4) is 0 Å². The number of nitrogens with zero attached hydrogens (tertiary/aromatic N) is 1. The maximum atomic E-state index is 11.8. The molecule has 0 unspecified atom stereocenters. The molecule has 2 aromatic rings. The fraction of sp³-hybridized carbons (Fsp3) is 0.125. The Bertz CT molecular complexity index is 620. The summed E-state index contributed by atoms with van der Waals surface area (Å²) in [6, 6.07) is 19.0. The van der Waals surface area contributed by atoms with E-state index in [2.05, 4.69) is 5.32 Å². The number of hydrogen-bond acceptors (Lipinski definition) is 3. The molecule has 0 heterocycles. The third-order valence-corrected chi connectivity index (χ3v) is 3.63. The van der Waals surface area contributed by atoms with E-state index in [-0.39, 0.29) is 5.91 Å². The fourth-order valence-electron chi connectivity index (χ4n) is 1.67. The second-order valence-electron chi connectivity index (χ2n) is 4.15. The van der Waals surface area contributed by atoms with E-state index >= 15 is 0 Å². The smallest absolute Gasteiger partial charge is 0.225 e. The molecule has 2 rings (SSSR count). The van der Waals surface area contributed by atoms with E-state index in [4.69, 9.17) is 5.26 Å². The predicted molar refractivity (Wildman–Crippen MR) is 81.6 cm³/mol. The normalized spacial score (nSPS) is 9.75. The number of carbonyl (C=O) groups excluding carboxylic acids is 1. The zero-order valence-electron chi connectivity index (χ0n) is 10.9. The summed E-state index contributed by atoms with van der Waals surface area (Å²) in [6.45, 7) is 0. The number of nitrogens with one attached hydrogen (secondary N) is 1. The molecule has 0 aliphatic heterocycles. The molecule has 0 atom stereocenters. The first kappa shape index (κ1) is 14.2. The van der Waals surface area contributed by atoms with Gasteiger partial charge in [0.05, 0.1) is 11.6 Å². The molecule has 100 valence electrons. The molecule has 0 saturated heterocycles. The standard InChI is InChI=1S/C16H14N2OS/c17-12-13-5-4-6-14(11-13)18-16(19)9-10-20-15-7-2-1-3-8-15/h1-8,11H,9-10H2,(H,18,19). The predicted octanol–water partition coefficient (Wildman–Crippen LogP) is 3.68. The Morgan fingerprint density at radius 1 is 1.15 bits per heavy atom. The molecule has 3 nitrogen and oxygen atoms in total. The van der Waals surface area contributed by atoms with Gasteiger partial charge in [-0.15, -0.1) is 11.8 Å². The lowest BCUT2D eigenvalue weighted by molar-refractivity contribution is -0.115. The number of hydrogen-bond donors (Lipinski definition) is 1. The van der Waals surface area contributed by atoms with E-state index in [9.17, 15) is 4.79 Å². The molecule has 1 amide bonds. The molecule has 20 heavy (non-hydrogen) atoms. The maximum absolute atomic E-state index is 11.8. The molecule has 0 bridgehead atoms. The zero-order chi connectivity index (χ0) is 14.2. The number of thioether (sulfide) groups is 1. The highest BCUT2D eigenvalue weighted by Gasteiger charge is 2.03. The topological polar surface area (TPSA) is 52.9 Å². The number of carbonyl (C=O) groups is 1.